The summed E-state index contributed by atoms with van der Waals surface area (Å²) in [6.45, 7) is 4.48. The maximum atomic E-state index is 12.6. The van der Waals surface area contributed by atoms with E-state index in [1.54, 1.807) is 11.6 Å². The first-order chi connectivity index (χ1) is 10.4. The minimum absolute atomic E-state index is 0.106. The van der Waals surface area contributed by atoms with E-state index in [9.17, 15) is 13.6 Å². The van der Waals surface area contributed by atoms with Crippen LogP contribution in [0, 0.1) is 6.92 Å². The second-order valence-electron chi connectivity index (χ2n) is 4.73. The fourth-order valence-electron chi connectivity index (χ4n) is 1.90. The summed E-state index contributed by atoms with van der Waals surface area (Å²) in [7, 11) is 0. The van der Waals surface area contributed by atoms with Crippen LogP contribution in [0.5, 0.6) is 0 Å². The lowest BCUT2D eigenvalue weighted by Crippen LogP contribution is -2.28. The van der Waals surface area contributed by atoms with Crippen molar-refractivity contribution in [1.29, 1.82) is 0 Å². The smallest absolute Gasteiger partial charge is 0.282 e. The van der Waals surface area contributed by atoms with Gasteiger partial charge in [-0.15, -0.1) is 0 Å². The average molecular weight is 376 g/mol. The summed E-state index contributed by atoms with van der Waals surface area (Å²) < 4.78 is 28.9. The van der Waals surface area contributed by atoms with Crippen molar-refractivity contribution in [2.45, 2.75) is 39.9 Å². The number of amides is 1. The van der Waals surface area contributed by atoms with Crippen molar-refractivity contribution in [2.75, 3.05) is 0 Å². The molecule has 0 spiro atoms. The number of aromatic nitrogens is 4. The van der Waals surface area contributed by atoms with Crippen LogP contribution in [0.1, 0.15) is 30.4 Å². The van der Waals surface area contributed by atoms with Crippen LogP contribution in [0.2, 0.25) is 0 Å². The van der Waals surface area contributed by atoms with Gasteiger partial charge >= 0.3 is 0 Å². The molecule has 2 aromatic rings. The number of hydrogen-bond acceptors (Lipinski definition) is 3. The molecule has 0 aliphatic heterocycles. The fraction of sp³-hybridized carbons (Fsp3) is 0.462. The van der Waals surface area contributed by atoms with Gasteiger partial charge in [0.2, 0.25) is 5.91 Å². The van der Waals surface area contributed by atoms with Gasteiger partial charge in [-0.1, -0.05) is 0 Å². The van der Waals surface area contributed by atoms with E-state index in [0.717, 1.165) is 11.0 Å². The van der Waals surface area contributed by atoms with E-state index in [1.165, 1.54) is 10.7 Å². The number of halogens is 3. The lowest BCUT2D eigenvalue weighted by Gasteiger charge is -2.06. The lowest BCUT2D eigenvalue weighted by molar-refractivity contribution is -0.122. The molecule has 2 rings (SSSR count). The van der Waals surface area contributed by atoms with Gasteiger partial charge in [0.05, 0.1) is 16.7 Å². The minimum atomic E-state index is -2.64. The second kappa shape index (κ2) is 6.99. The summed E-state index contributed by atoms with van der Waals surface area (Å²) in [5, 5.41) is 10.7. The third-order valence-corrected chi connectivity index (χ3v) is 3.74. The molecule has 0 fully saturated rings. The molecule has 2 aromatic heterocycles. The molecule has 1 N–H and O–H groups in total. The molecule has 120 valence electrons. The average Bonchev–Trinajstić information content (AvgIpc) is 3.00. The molecule has 0 unspecified atom stereocenters. The molecule has 6 nitrogen and oxygen atoms in total. The Bertz CT molecular complexity index is 667. The van der Waals surface area contributed by atoms with Gasteiger partial charge in [0.1, 0.15) is 12.2 Å². The Balaban J connectivity index is 1.94. The maximum absolute atomic E-state index is 12.6. The Labute approximate surface area is 134 Å². The van der Waals surface area contributed by atoms with E-state index in [0.29, 0.717) is 11.4 Å². The maximum Gasteiger partial charge on any atom is 0.282 e. The molecule has 0 radical (unpaired) electrons. The molecule has 9 heteroatoms. The van der Waals surface area contributed by atoms with Gasteiger partial charge in [0.25, 0.3) is 6.43 Å². The predicted octanol–water partition coefficient (Wildman–Crippen LogP) is 2.42. The van der Waals surface area contributed by atoms with E-state index >= 15 is 0 Å². The quantitative estimate of drug-likeness (QED) is 0.842. The SMILES string of the molecule is CCn1cc(Br)c(CNC(=O)Cn2nc(C(F)F)cc2C)n1. The number of carbonyl (C=O) groups excluding carboxylic acids is 1. The highest BCUT2D eigenvalue weighted by Crippen LogP contribution is 2.18. The van der Waals surface area contributed by atoms with Gasteiger partial charge in [-0.2, -0.15) is 10.2 Å². The van der Waals surface area contributed by atoms with Crippen LogP contribution < -0.4 is 5.32 Å². The first-order valence-electron chi connectivity index (χ1n) is 6.71. The topological polar surface area (TPSA) is 64.7 Å². The molecule has 2 heterocycles. The lowest BCUT2D eigenvalue weighted by atomic mass is 10.4. The van der Waals surface area contributed by atoms with E-state index in [4.69, 9.17) is 0 Å². The zero-order valence-corrected chi connectivity index (χ0v) is 13.8. The van der Waals surface area contributed by atoms with Gasteiger partial charge in [-0.3, -0.25) is 14.2 Å². The van der Waals surface area contributed by atoms with E-state index in [1.807, 2.05) is 13.1 Å². The zero-order chi connectivity index (χ0) is 16.3. The highest BCUT2D eigenvalue weighted by Gasteiger charge is 2.15. The Morgan fingerprint density at radius 3 is 2.73 bits per heavy atom. The largest absolute Gasteiger partial charge is 0.349 e. The van der Waals surface area contributed by atoms with Crippen molar-refractivity contribution in [3.8, 4) is 0 Å². The van der Waals surface area contributed by atoms with Crippen molar-refractivity contribution in [2.24, 2.45) is 0 Å². The van der Waals surface area contributed by atoms with Gasteiger partial charge in [0, 0.05) is 18.4 Å². The second-order valence-corrected chi connectivity index (χ2v) is 5.58. The number of nitrogens with zero attached hydrogens (tertiary/aromatic N) is 4. The predicted molar refractivity (Wildman–Crippen MR) is 79.4 cm³/mol. The number of nitrogens with one attached hydrogen (secondary N) is 1. The summed E-state index contributed by atoms with van der Waals surface area (Å²) in [5.41, 5.74) is 0.900. The summed E-state index contributed by atoms with van der Waals surface area (Å²) in [5.74, 6) is -0.315. The Hall–Kier alpha value is -1.77. The number of alkyl halides is 2. The van der Waals surface area contributed by atoms with Crippen molar-refractivity contribution >= 4 is 21.8 Å². The highest BCUT2D eigenvalue weighted by atomic mass is 79.9. The van der Waals surface area contributed by atoms with E-state index in [-0.39, 0.29) is 24.7 Å². The zero-order valence-electron chi connectivity index (χ0n) is 12.2. The molecule has 22 heavy (non-hydrogen) atoms. The first kappa shape index (κ1) is 16.6. The van der Waals surface area contributed by atoms with E-state index < -0.39 is 6.43 Å². The molecule has 0 atom stereocenters. The monoisotopic (exact) mass is 375 g/mol. The van der Waals surface area contributed by atoms with Gasteiger partial charge < -0.3 is 5.32 Å². The van der Waals surface area contributed by atoms with Crippen LogP contribution in [-0.4, -0.2) is 25.5 Å². The normalized spacial score (nSPS) is 11.2. The van der Waals surface area contributed by atoms with Gasteiger partial charge in [-0.05, 0) is 35.8 Å². The molecular formula is C13H16BrF2N5O. The van der Waals surface area contributed by atoms with E-state index in [2.05, 4.69) is 31.4 Å². The van der Waals surface area contributed by atoms with Crippen molar-refractivity contribution in [3.05, 3.63) is 33.8 Å². The summed E-state index contributed by atoms with van der Waals surface area (Å²) in [6, 6.07) is 1.28. The Kier molecular flexibility index (Phi) is 5.28. The number of aryl methyl sites for hydroxylation is 2. The van der Waals surface area contributed by atoms with Gasteiger partial charge in [0.15, 0.2) is 0 Å². The first-order valence-corrected chi connectivity index (χ1v) is 7.51. The van der Waals surface area contributed by atoms with Crippen molar-refractivity contribution in [3.63, 3.8) is 0 Å². The molecule has 0 saturated carbocycles. The molecule has 0 aliphatic carbocycles. The minimum Gasteiger partial charge on any atom is -0.349 e. The van der Waals surface area contributed by atoms with Crippen LogP contribution in [-0.2, 0) is 24.4 Å². The highest BCUT2D eigenvalue weighted by molar-refractivity contribution is 9.10. The van der Waals surface area contributed by atoms with Crippen LogP contribution >= 0.6 is 15.9 Å². The standard InChI is InChI=1S/C13H16BrF2N5O/c1-3-20-6-9(14)11(18-20)5-17-12(22)7-21-8(2)4-10(19-21)13(15)16/h4,6,13H,3,5,7H2,1-2H3,(H,17,22). The van der Waals surface area contributed by atoms with Crippen LogP contribution in [0.3, 0.4) is 0 Å². The van der Waals surface area contributed by atoms with Gasteiger partial charge in [-0.25, -0.2) is 8.78 Å². The molecule has 1 amide bonds. The Morgan fingerprint density at radius 2 is 2.18 bits per heavy atom. The van der Waals surface area contributed by atoms with Crippen LogP contribution in [0.4, 0.5) is 8.78 Å². The molecular weight excluding hydrogens is 360 g/mol. The molecule has 0 aliphatic rings. The third-order valence-electron chi connectivity index (χ3n) is 3.08. The van der Waals surface area contributed by atoms with Crippen LogP contribution in [0.15, 0.2) is 16.7 Å². The Morgan fingerprint density at radius 1 is 1.45 bits per heavy atom. The number of carbonyl (C=O) groups is 1. The van der Waals surface area contributed by atoms with Crippen LogP contribution in [0.25, 0.3) is 0 Å². The van der Waals surface area contributed by atoms with Crippen molar-refractivity contribution in [1.82, 2.24) is 24.9 Å². The summed E-state index contributed by atoms with van der Waals surface area (Å²) in [6.07, 6.45) is -0.814. The summed E-state index contributed by atoms with van der Waals surface area (Å²) >= 11 is 3.37. The number of hydrogen-bond donors (Lipinski definition) is 1. The molecule has 0 aromatic carbocycles. The molecule has 0 saturated heterocycles. The fourth-order valence-corrected chi connectivity index (χ4v) is 2.35. The van der Waals surface area contributed by atoms with Crippen molar-refractivity contribution < 1.29 is 13.6 Å². The third kappa shape index (κ3) is 3.90. The number of rotatable bonds is 6. The summed E-state index contributed by atoms with van der Waals surface area (Å²) in [4.78, 5) is 11.9. The molecule has 0 bridgehead atoms.